The van der Waals surface area contributed by atoms with Gasteiger partial charge in [0, 0.05) is 12.1 Å². The Morgan fingerprint density at radius 2 is 1.85 bits per heavy atom. The highest BCUT2D eigenvalue weighted by molar-refractivity contribution is 5.91. The first-order chi connectivity index (χ1) is 16.5. The lowest BCUT2D eigenvalue weighted by Crippen LogP contribution is -2.22. The van der Waals surface area contributed by atoms with Gasteiger partial charge in [-0.2, -0.15) is 5.26 Å². The van der Waals surface area contributed by atoms with E-state index in [1.165, 1.54) is 0 Å². The molecule has 0 bridgehead atoms. The van der Waals surface area contributed by atoms with Crippen LogP contribution in [0.15, 0.2) is 71.5 Å². The average molecular weight is 449 g/mol. The lowest BCUT2D eigenvalue weighted by atomic mass is 10.1. The molecule has 1 heterocycles. The van der Waals surface area contributed by atoms with Gasteiger partial charge in [-0.25, -0.2) is 4.98 Å². The van der Waals surface area contributed by atoms with Gasteiger partial charge in [0.05, 0.1) is 28.2 Å². The Labute approximate surface area is 197 Å². The standard InChI is InChI=1S/C28H24N4O2/c1-3-6-27(33)31-24-15-14-22(17-19(24)2)32-26(16-13-20-9-11-21(18-29)12-10-20)30-25-8-5-4-7-23(25)28(32)34/h4-5,7-17H,3,6H2,1-2H3,(H,31,33)/b16-13+. The van der Waals surface area contributed by atoms with Crippen LogP contribution in [0.2, 0.25) is 0 Å². The minimum absolute atomic E-state index is 0.0334. The molecule has 0 aliphatic heterocycles. The summed E-state index contributed by atoms with van der Waals surface area (Å²) in [7, 11) is 0. The van der Waals surface area contributed by atoms with Crippen molar-refractivity contribution in [1.82, 2.24) is 9.55 Å². The first-order valence-corrected chi connectivity index (χ1v) is 11.1. The Morgan fingerprint density at radius 1 is 1.09 bits per heavy atom. The van der Waals surface area contributed by atoms with Crippen molar-refractivity contribution in [3.63, 3.8) is 0 Å². The molecule has 0 saturated carbocycles. The summed E-state index contributed by atoms with van der Waals surface area (Å²) in [6, 6.07) is 22.0. The number of hydrogen-bond acceptors (Lipinski definition) is 4. The SMILES string of the molecule is CCCC(=O)Nc1ccc(-n2c(/C=C/c3ccc(C#N)cc3)nc3ccccc3c2=O)cc1C. The summed E-state index contributed by atoms with van der Waals surface area (Å²) in [6.45, 7) is 3.86. The number of nitrogens with one attached hydrogen (secondary N) is 1. The van der Waals surface area contributed by atoms with Crippen LogP contribution in [0.5, 0.6) is 0 Å². The number of carbonyl (C=O) groups is 1. The van der Waals surface area contributed by atoms with E-state index in [9.17, 15) is 9.59 Å². The quantitative estimate of drug-likeness (QED) is 0.423. The molecule has 4 rings (SSSR count). The number of anilines is 1. The number of amides is 1. The zero-order valence-electron chi connectivity index (χ0n) is 19.1. The Morgan fingerprint density at radius 3 is 2.56 bits per heavy atom. The molecule has 34 heavy (non-hydrogen) atoms. The molecule has 0 unspecified atom stereocenters. The van der Waals surface area contributed by atoms with Gasteiger partial charge in [0.15, 0.2) is 0 Å². The minimum Gasteiger partial charge on any atom is -0.326 e. The van der Waals surface area contributed by atoms with Crippen molar-refractivity contribution >= 4 is 34.6 Å². The van der Waals surface area contributed by atoms with Crippen molar-refractivity contribution in [2.24, 2.45) is 0 Å². The molecule has 0 saturated heterocycles. The molecule has 0 aliphatic rings. The average Bonchev–Trinajstić information content (AvgIpc) is 2.85. The molecule has 0 aliphatic carbocycles. The van der Waals surface area contributed by atoms with E-state index >= 15 is 0 Å². The maximum absolute atomic E-state index is 13.5. The molecular formula is C28H24N4O2. The van der Waals surface area contributed by atoms with Crippen LogP contribution in [-0.4, -0.2) is 15.5 Å². The number of aryl methyl sites for hydroxylation is 1. The van der Waals surface area contributed by atoms with Crippen LogP contribution in [0.3, 0.4) is 0 Å². The fraction of sp³-hybridized carbons (Fsp3) is 0.143. The fourth-order valence-electron chi connectivity index (χ4n) is 3.72. The van der Waals surface area contributed by atoms with Crippen LogP contribution >= 0.6 is 0 Å². The molecule has 1 N–H and O–H groups in total. The third kappa shape index (κ3) is 4.79. The summed E-state index contributed by atoms with van der Waals surface area (Å²) in [5.41, 5.74) is 4.14. The van der Waals surface area contributed by atoms with Gasteiger partial charge in [-0.15, -0.1) is 0 Å². The van der Waals surface area contributed by atoms with Crippen LogP contribution in [-0.2, 0) is 4.79 Å². The maximum Gasteiger partial charge on any atom is 0.266 e. The lowest BCUT2D eigenvalue weighted by molar-refractivity contribution is -0.116. The molecular weight excluding hydrogens is 424 g/mol. The number of nitrogens with zero attached hydrogens (tertiary/aromatic N) is 3. The van der Waals surface area contributed by atoms with E-state index in [0.717, 1.165) is 23.2 Å². The van der Waals surface area contributed by atoms with E-state index in [1.807, 2.05) is 68.5 Å². The Hall–Kier alpha value is -4.50. The van der Waals surface area contributed by atoms with Crippen LogP contribution in [0.1, 0.15) is 42.3 Å². The van der Waals surface area contributed by atoms with E-state index in [4.69, 9.17) is 10.2 Å². The predicted molar refractivity (Wildman–Crippen MR) is 136 cm³/mol. The van der Waals surface area contributed by atoms with Gasteiger partial charge in [-0.3, -0.25) is 14.2 Å². The van der Waals surface area contributed by atoms with Gasteiger partial charge in [0.1, 0.15) is 5.82 Å². The highest BCUT2D eigenvalue weighted by Gasteiger charge is 2.13. The van der Waals surface area contributed by atoms with Crippen molar-refractivity contribution in [2.45, 2.75) is 26.7 Å². The highest BCUT2D eigenvalue weighted by Crippen LogP contribution is 2.21. The zero-order valence-corrected chi connectivity index (χ0v) is 19.1. The fourth-order valence-corrected chi connectivity index (χ4v) is 3.72. The molecule has 6 heteroatoms. The van der Waals surface area contributed by atoms with Crippen molar-refractivity contribution in [3.8, 4) is 11.8 Å². The molecule has 1 aromatic heterocycles. The normalized spacial score (nSPS) is 11.0. The number of carbonyl (C=O) groups excluding carboxylic acids is 1. The lowest BCUT2D eigenvalue weighted by Gasteiger charge is -2.14. The van der Waals surface area contributed by atoms with Crippen LogP contribution in [0, 0.1) is 18.3 Å². The summed E-state index contributed by atoms with van der Waals surface area (Å²) < 4.78 is 1.58. The summed E-state index contributed by atoms with van der Waals surface area (Å²) in [6.07, 6.45) is 4.89. The molecule has 0 radical (unpaired) electrons. The first-order valence-electron chi connectivity index (χ1n) is 11.1. The Balaban J connectivity index is 1.81. The molecule has 1 amide bonds. The third-order valence-corrected chi connectivity index (χ3v) is 5.49. The smallest absolute Gasteiger partial charge is 0.266 e. The van der Waals surface area contributed by atoms with E-state index in [1.54, 1.807) is 28.8 Å². The predicted octanol–water partition coefficient (Wildman–Crippen LogP) is 5.47. The van der Waals surface area contributed by atoms with Crippen molar-refractivity contribution < 1.29 is 4.79 Å². The van der Waals surface area contributed by atoms with Gasteiger partial charge in [0.2, 0.25) is 5.91 Å². The van der Waals surface area contributed by atoms with E-state index in [-0.39, 0.29) is 11.5 Å². The summed E-state index contributed by atoms with van der Waals surface area (Å²) >= 11 is 0. The van der Waals surface area contributed by atoms with Gasteiger partial charge in [-0.05, 0) is 73.0 Å². The molecule has 4 aromatic rings. The summed E-state index contributed by atoms with van der Waals surface area (Å²) in [4.78, 5) is 30.3. The summed E-state index contributed by atoms with van der Waals surface area (Å²) in [5.74, 6) is 0.448. The molecule has 0 fully saturated rings. The number of aromatic nitrogens is 2. The number of benzene rings is 3. The van der Waals surface area contributed by atoms with Crippen molar-refractivity contribution in [3.05, 3.63) is 99.6 Å². The molecule has 6 nitrogen and oxygen atoms in total. The number of rotatable bonds is 6. The second-order valence-corrected chi connectivity index (χ2v) is 7.99. The second-order valence-electron chi connectivity index (χ2n) is 7.99. The van der Waals surface area contributed by atoms with Gasteiger partial charge in [-0.1, -0.05) is 37.3 Å². The van der Waals surface area contributed by atoms with Crippen molar-refractivity contribution in [2.75, 3.05) is 5.32 Å². The monoisotopic (exact) mass is 448 g/mol. The molecule has 168 valence electrons. The first kappa shape index (κ1) is 22.7. The zero-order chi connectivity index (χ0) is 24.1. The maximum atomic E-state index is 13.5. The van der Waals surface area contributed by atoms with Crippen LogP contribution in [0.25, 0.3) is 28.7 Å². The highest BCUT2D eigenvalue weighted by atomic mass is 16.1. The van der Waals surface area contributed by atoms with E-state index < -0.39 is 0 Å². The van der Waals surface area contributed by atoms with E-state index in [0.29, 0.717) is 34.4 Å². The van der Waals surface area contributed by atoms with E-state index in [2.05, 4.69) is 11.4 Å². The molecule has 0 atom stereocenters. The van der Waals surface area contributed by atoms with Crippen molar-refractivity contribution in [1.29, 1.82) is 5.26 Å². The van der Waals surface area contributed by atoms with Gasteiger partial charge < -0.3 is 5.32 Å². The van der Waals surface area contributed by atoms with Gasteiger partial charge in [0.25, 0.3) is 5.56 Å². The van der Waals surface area contributed by atoms with Gasteiger partial charge >= 0.3 is 0 Å². The van der Waals surface area contributed by atoms with Crippen LogP contribution < -0.4 is 10.9 Å². The summed E-state index contributed by atoms with van der Waals surface area (Å²) in [5, 5.41) is 12.5. The largest absolute Gasteiger partial charge is 0.326 e. The minimum atomic E-state index is -0.174. The number of nitriles is 1. The van der Waals surface area contributed by atoms with Crippen LogP contribution in [0.4, 0.5) is 5.69 Å². The topological polar surface area (TPSA) is 87.8 Å². The third-order valence-electron chi connectivity index (χ3n) is 5.49. The Kier molecular flexibility index (Phi) is 6.65. The molecule has 3 aromatic carbocycles. The second kappa shape index (κ2) is 9.97. The number of para-hydroxylation sites is 1. The molecule has 0 spiro atoms. The number of hydrogen-bond donors (Lipinski definition) is 1. The number of fused-ring (bicyclic) bond motifs is 1. The Bertz CT molecular complexity index is 1490.